The predicted molar refractivity (Wildman–Crippen MR) is 56.5 cm³/mol. The molecule has 0 bridgehead atoms. The van der Waals surface area contributed by atoms with E-state index in [1.54, 1.807) is 6.08 Å². The van der Waals surface area contributed by atoms with E-state index in [9.17, 15) is 14.4 Å². The van der Waals surface area contributed by atoms with Crippen molar-refractivity contribution in [3.8, 4) is 0 Å². The van der Waals surface area contributed by atoms with Gasteiger partial charge in [0.2, 0.25) is 0 Å². The van der Waals surface area contributed by atoms with Gasteiger partial charge in [-0.05, 0) is 31.3 Å². The molecule has 17 heavy (non-hydrogen) atoms. The van der Waals surface area contributed by atoms with E-state index in [2.05, 4.69) is 0 Å². The first-order valence-electron chi connectivity index (χ1n) is 5.29. The van der Waals surface area contributed by atoms with Crippen LogP contribution in [0, 0.1) is 5.41 Å². The Morgan fingerprint density at radius 2 is 1.76 bits per heavy atom. The van der Waals surface area contributed by atoms with Crippen molar-refractivity contribution in [1.29, 1.82) is 0 Å². The molecule has 0 aliphatic heterocycles. The van der Waals surface area contributed by atoms with E-state index in [0.29, 0.717) is 24.8 Å². The number of allylic oxidation sites excluding steroid dienone is 1. The molecule has 0 unspecified atom stereocenters. The van der Waals surface area contributed by atoms with Crippen LogP contribution in [-0.4, -0.2) is 33.2 Å². The van der Waals surface area contributed by atoms with Crippen LogP contribution >= 0.6 is 0 Å². The Bertz CT molecular complexity index is 367. The number of aliphatic carboxylic acids is 3. The fourth-order valence-electron chi connectivity index (χ4n) is 2.09. The molecule has 1 aliphatic carbocycles. The maximum absolute atomic E-state index is 11.2. The van der Waals surface area contributed by atoms with Crippen molar-refractivity contribution in [2.75, 3.05) is 0 Å². The molecule has 0 atom stereocenters. The maximum atomic E-state index is 11.2. The fraction of sp³-hybridized carbons (Fsp3) is 0.545. The van der Waals surface area contributed by atoms with E-state index < -0.39 is 36.2 Å². The average Bonchev–Trinajstić information content (AvgIpc) is 2.70. The summed E-state index contributed by atoms with van der Waals surface area (Å²) in [5, 5.41) is 26.9. The zero-order chi connectivity index (χ0) is 13.1. The Balaban J connectivity index is 3.08. The maximum Gasteiger partial charge on any atom is 0.325 e. The van der Waals surface area contributed by atoms with Gasteiger partial charge in [0.1, 0.15) is 0 Å². The standard InChI is InChI=1S/C11H14O6/c12-8(13)5-6-11(9(14)15,10(16)17)7-3-1-2-4-7/h3H,1-2,4-6H2,(H,12,13)(H,14,15)(H,16,17). The molecule has 0 fully saturated rings. The van der Waals surface area contributed by atoms with Gasteiger partial charge in [0.25, 0.3) is 0 Å². The number of hydrogen-bond acceptors (Lipinski definition) is 3. The molecule has 0 aromatic rings. The van der Waals surface area contributed by atoms with Crippen molar-refractivity contribution in [2.24, 2.45) is 5.41 Å². The summed E-state index contributed by atoms with van der Waals surface area (Å²) in [6.07, 6.45) is 2.46. The third-order valence-corrected chi connectivity index (χ3v) is 3.03. The number of carboxylic acids is 3. The summed E-state index contributed by atoms with van der Waals surface area (Å²) in [6, 6.07) is 0. The van der Waals surface area contributed by atoms with Crippen LogP contribution in [0.15, 0.2) is 11.6 Å². The number of hydrogen-bond donors (Lipinski definition) is 3. The molecule has 0 heterocycles. The topological polar surface area (TPSA) is 112 Å². The predicted octanol–water partition coefficient (Wildman–Crippen LogP) is 1.12. The second kappa shape index (κ2) is 4.99. The van der Waals surface area contributed by atoms with E-state index >= 15 is 0 Å². The van der Waals surface area contributed by atoms with E-state index in [4.69, 9.17) is 15.3 Å². The SMILES string of the molecule is O=C(O)CCC(C(=O)O)(C(=O)O)C1=CCCC1. The lowest BCUT2D eigenvalue weighted by Crippen LogP contribution is -2.41. The van der Waals surface area contributed by atoms with Gasteiger partial charge in [-0.2, -0.15) is 0 Å². The first-order valence-corrected chi connectivity index (χ1v) is 5.29. The van der Waals surface area contributed by atoms with Crippen LogP contribution < -0.4 is 0 Å². The largest absolute Gasteiger partial charge is 0.481 e. The van der Waals surface area contributed by atoms with Gasteiger partial charge in [-0.1, -0.05) is 6.08 Å². The van der Waals surface area contributed by atoms with E-state index in [1.807, 2.05) is 0 Å². The highest BCUT2D eigenvalue weighted by Gasteiger charge is 2.50. The van der Waals surface area contributed by atoms with Gasteiger partial charge in [-0.25, -0.2) is 0 Å². The molecule has 94 valence electrons. The molecule has 6 heteroatoms. The van der Waals surface area contributed by atoms with Gasteiger partial charge in [-0.15, -0.1) is 0 Å². The van der Waals surface area contributed by atoms with Crippen LogP contribution in [-0.2, 0) is 14.4 Å². The summed E-state index contributed by atoms with van der Waals surface area (Å²) in [7, 11) is 0. The summed E-state index contributed by atoms with van der Waals surface area (Å²) in [6.45, 7) is 0. The van der Waals surface area contributed by atoms with Crippen LogP contribution in [0.25, 0.3) is 0 Å². The molecule has 0 aromatic heterocycles. The minimum Gasteiger partial charge on any atom is -0.481 e. The van der Waals surface area contributed by atoms with Gasteiger partial charge in [0, 0.05) is 6.42 Å². The quantitative estimate of drug-likeness (QED) is 0.475. The zero-order valence-electron chi connectivity index (χ0n) is 9.18. The normalized spacial score (nSPS) is 15.4. The van der Waals surface area contributed by atoms with E-state index in [-0.39, 0.29) is 0 Å². The smallest absolute Gasteiger partial charge is 0.325 e. The highest BCUT2D eigenvalue weighted by atomic mass is 16.4. The molecule has 0 radical (unpaired) electrons. The first kappa shape index (κ1) is 13.2. The Kier molecular flexibility index (Phi) is 3.88. The summed E-state index contributed by atoms with van der Waals surface area (Å²) in [4.78, 5) is 33.0. The van der Waals surface area contributed by atoms with Crippen molar-refractivity contribution in [3.63, 3.8) is 0 Å². The van der Waals surface area contributed by atoms with Crippen molar-refractivity contribution in [1.82, 2.24) is 0 Å². The molecule has 1 rings (SSSR count). The number of carbonyl (C=O) groups is 3. The monoisotopic (exact) mass is 242 g/mol. The van der Waals surface area contributed by atoms with Crippen LogP contribution in [0.3, 0.4) is 0 Å². The molecule has 6 nitrogen and oxygen atoms in total. The first-order chi connectivity index (χ1) is 7.91. The molecule has 0 saturated carbocycles. The summed E-state index contributed by atoms with van der Waals surface area (Å²) < 4.78 is 0. The van der Waals surface area contributed by atoms with Crippen molar-refractivity contribution in [2.45, 2.75) is 32.1 Å². The van der Waals surface area contributed by atoms with Crippen LogP contribution in [0.1, 0.15) is 32.1 Å². The van der Waals surface area contributed by atoms with Gasteiger partial charge in [-0.3, -0.25) is 14.4 Å². The second-order valence-corrected chi connectivity index (χ2v) is 4.03. The molecular formula is C11H14O6. The Morgan fingerprint density at radius 3 is 2.12 bits per heavy atom. The minimum absolute atomic E-state index is 0.318. The van der Waals surface area contributed by atoms with Crippen LogP contribution in [0.2, 0.25) is 0 Å². The van der Waals surface area contributed by atoms with Gasteiger partial charge in [0.15, 0.2) is 5.41 Å². The highest BCUT2D eigenvalue weighted by molar-refractivity contribution is 6.02. The Labute approximate surface area is 97.6 Å². The van der Waals surface area contributed by atoms with Gasteiger partial charge in [0.05, 0.1) is 0 Å². The lowest BCUT2D eigenvalue weighted by atomic mass is 9.75. The lowest BCUT2D eigenvalue weighted by molar-refractivity contribution is -0.162. The summed E-state index contributed by atoms with van der Waals surface area (Å²) in [5.41, 5.74) is -1.76. The number of carboxylic acid groups (broad SMARTS) is 3. The van der Waals surface area contributed by atoms with Crippen LogP contribution in [0.5, 0.6) is 0 Å². The summed E-state index contributed by atoms with van der Waals surface area (Å²) in [5.74, 6) is -4.17. The lowest BCUT2D eigenvalue weighted by Gasteiger charge is -2.25. The molecule has 0 amide bonds. The summed E-state index contributed by atoms with van der Waals surface area (Å²) >= 11 is 0. The molecule has 1 aliphatic rings. The molecule has 0 aromatic carbocycles. The Hall–Kier alpha value is -1.85. The highest BCUT2D eigenvalue weighted by Crippen LogP contribution is 2.40. The molecule has 0 spiro atoms. The van der Waals surface area contributed by atoms with Crippen molar-refractivity contribution >= 4 is 17.9 Å². The minimum atomic E-state index is -2.07. The van der Waals surface area contributed by atoms with Gasteiger partial charge < -0.3 is 15.3 Å². The van der Waals surface area contributed by atoms with E-state index in [1.165, 1.54) is 0 Å². The molecular weight excluding hydrogens is 228 g/mol. The average molecular weight is 242 g/mol. The zero-order valence-corrected chi connectivity index (χ0v) is 9.18. The third-order valence-electron chi connectivity index (χ3n) is 3.03. The van der Waals surface area contributed by atoms with E-state index in [0.717, 1.165) is 0 Å². The van der Waals surface area contributed by atoms with Crippen molar-refractivity contribution in [3.05, 3.63) is 11.6 Å². The van der Waals surface area contributed by atoms with Crippen molar-refractivity contribution < 1.29 is 29.7 Å². The Morgan fingerprint density at radius 1 is 1.18 bits per heavy atom. The third kappa shape index (κ3) is 2.46. The molecule has 0 saturated heterocycles. The van der Waals surface area contributed by atoms with Gasteiger partial charge >= 0.3 is 17.9 Å². The number of rotatable bonds is 6. The second-order valence-electron chi connectivity index (χ2n) is 4.03. The van der Waals surface area contributed by atoms with Crippen LogP contribution in [0.4, 0.5) is 0 Å². The molecule has 3 N–H and O–H groups in total. The fourth-order valence-corrected chi connectivity index (χ4v) is 2.09.